The fourth-order valence-corrected chi connectivity index (χ4v) is 2.78. The van der Waals surface area contributed by atoms with Gasteiger partial charge in [0.15, 0.2) is 10.9 Å². The molecule has 7 heteroatoms. The van der Waals surface area contributed by atoms with E-state index in [4.69, 9.17) is 4.74 Å². The summed E-state index contributed by atoms with van der Waals surface area (Å²) in [6.07, 6.45) is 0. The van der Waals surface area contributed by atoms with Gasteiger partial charge in [-0.3, -0.25) is 9.59 Å². The first kappa shape index (κ1) is 17.0. The number of nitrogens with zero attached hydrogens (tertiary/aromatic N) is 1. The molecule has 0 aliphatic carbocycles. The van der Waals surface area contributed by atoms with Gasteiger partial charge in [-0.05, 0) is 32.9 Å². The quantitative estimate of drug-likeness (QED) is 0.792. The fourth-order valence-electron chi connectivity index (χ4n) is 1.94. The van der Waals surface area contributed by atoms with Crippen LogP contribution in [0.4, 0.5) is 10.8 Å². The van der Waals surface area contributed by atoms with Crippen LogP contribution in [0.3, 0.4) is 0 Å². The molecule has 1 aromatic heterocycles. The third-order valence-electron chi connectivity index (χ3n) is 3.00. The van der Waals surface area contributed by atoms with Gasteiger partial charge in [0.1, 0.15) is 11.4 Å². The molecule has 2 N–H and O–H groups in total. The summed E-state index contributed by atoms with van der Waals surface area (Å²) in [5.74, 6) is 0.0583. The lowest BCUT2D eigenvalue weighted by Crippen LogP contribution is -2.15. The molecule has 1 aromatic carbocycles. The number of Topliss-reactive ketones (excluding diaryl/α,β-unsaturated/α-hetero) is 1. The van der Waals surface area contributed by atoms with Crippen LogP contribution in [-0.4, -0.2) is 29.8 Å². The van der Waals surface area contributed by atoms with E-state index in [0.29, 0.717) is 27.8 Å². The predicted octanol–water partition coefficient (Wildman–Crippen LogP) is 3.43. The Morgan fingerprint density at radius 2 is 2.04 bits per heavy atom. The maximum atomic E-state index is 12.3. The van der Waals surface area contributed by atoms with Crippen LogP contribution in [-0.2, 0) is 0 Å². The number of nitrogens with one attached hydrogen (secondary N) is 2. The Bertz CT molecular complexity index is 725. The summed E-state index contributed by atoms with van der Waals surface area (Å²) in [7, 11) is 1.53. The number of ketones is 1. The lowest BCUT2D eigenvalue weighted by molar-refractivity contribution is 0.101. The number of aromatic nitrogens is 1. The van der Waals surface area contributed by atoms with Gasteiger partial charge >= 0.3 is 0 Å². The van der Waals surface area contributed by atoms with Crippen molar-refractivity contribution in [2.45, 2.75) is 26.8 Å². The number of amides is 1. The summed E-state index contributed by atoms with van der Waals surface area (Å²) < 4.78 is 5.14. The minimum absolute atomic E-state index is 0.136. The number of methoxy groups -OCH3 is 1. The van der Waals surface area contributed by atoms with Gasteiger partial charge < -0.3 is 15.4 Å². The summed E-state index contributed by atoms with van der Waals surface area (Å²) in [5.41, 5.74) is 1.14. The van der Waals surface area contributed by atoms with Crippen molar-refractivity contribution in [2.75, 3.05) is 17.7 Å². The SMILES string of the molecule is COc1ccc(C(C)=O)c(NC(=O)c2csc(NC(C)C)n2)c1. The number of benzene rings is 1. The first-order chi connectivity index (χ1) is 10.9. The normalized spacial score (nSPS) is 10.5. The molecule has 1 amide bonds. The van der Waals surface area contributed by atoms with E-state index in [1.807, 2.05) is 13.8 Å². The molecule has 0 radical (unpaired) electrons. The topological polar surface area (TPSA) is 80.3 Å². The second-order valence-electron chi connectivity index (χ2n) is 5.26. The number of carbonyl (C=O) groups is 2. The molecule has 6 nitrogen and oxygen atoms in total. The van der Waals surface area contributed by atoms with Gasteiger partial charge in [0, 0.05) is 23.1 Å². The Kier molecular flexibility index (Phi) is 5.33. The Labute approximate surface area is 138 Å². The first-order valence-electron chi connectivity index (χ1n) is 7.13. The lowest BCUT2D eigenvalue weighted by Gasteiger charge is -2.10. The van der Waals surface area contributed by atoms with E-state index < -0.39 is 0 Å². The molecular weight excluding hydrogens is 314 g/mol. The van der Waals surface area contributed by atoms with Crippen LogP contribution < -0.4 is 15.4 Å². The van der Waals surface area contributed by atoms with E-state index in [9.17, 15) is 9.59 Å². The molecule has 0 saturated carbocycles. The van der Waals surface area contributed by atoms with Crippen LogP contribution in [0.1, 0.15) is 41.6 Å². The van der Waals surface area contributed by atoms with Crippen LogP contribution in [0.15, 0.2) is 23.6 Å². The van der Waals surface area contributed by atoms with Gasteiger partial charge in [-0.2, -0.15) is 0 Å². The zero-order chi connectivity index (χ0) is 17.0. The maximum Gasteiger partial charge on any atom is 0.275 e. The standard InChI is InChI=1S/C16H19N3O3S/c1-9(2)17-16-19-14(8-23-16)15(21)18-13-7-11(22-4)5-6-12(13)10(3)20/h5-9H,1-4H3,(H,17,19)(H,18,21). The van der Waals surface area contributed by atoms with E-state index in [-0.39, 0.29) is 17.7 Å². The van der Waals surface area contributed by atoms with E-state index in [0.717, 1.165) is 0 Å². The Hall–Kier alpha value is -2.41. The Balaban J connectivity index is 2.22. The number of thiazole rings is 1. The number of hydrogen-bond donors (Lipinski definition) is 2. The van der Waals surface area contributed by atoms with Crippen LogP contribution in [0.5, 0.6) is 5.75 Å². The number of hydrogen-bond acceptors (Lipinski definition) is 6. The van der Waals surface area contributed by atoms with Crippen LogP contribution in [0.25, 0.3) is 0 Å². The number of ether oxygens (including phenoxy) is 1. The van der Waals surface area contributed by atoms with Crippen molar-refractivity contribution in [3.8, 4) is 5.75 Å². The Morgan fingerprint density at radius 3 is 2.65 bits per heavy atom. The van der Waals surface area contributed by atoms with Crippen molar-refractivity contribution < 1.29 is 14.3 Å². The molecule has 2 rings (SSSR count). The maximum absolute atomic E-state index is 12.3. The summed E-state index contributed by atoms with van der Waals surface area (Å²) in [6.45, 7) is 5.44. The summed E-state index contributed by atoms with van der Waals surface area (Å²) in [5, 5.41) is 8.23. The molecule has 0 aliphatic heterocycles. The highest BCUT2D eigenvalue weighted by Gasteiger charge is 2.15. The van der Waals surface area contributed by atoms with Crippen molar-refractivity contribution in [3.63, 3.8) is 0 Å². The van der Waals surface area contributed by atoms with Gasteiger partial charge in [-0.15, -0.1) is 11.3 Å². The van der Waals surface area contributed by atoms with Gasteiger partial charge in [0.2, 0.25) is 0 Å². The monoisotopic (exact) mass is 333 g/mol. The van der Waals surface area contributed by atoms with Crippen molar-refractivity contribution in [3.05, 3.63) is 34.8 Å². The number of carbonyl (C=O) groups excluding carboxylic acids is 2. The highest BCUT2D eigenvalue weighted by Crippen LogP contribution is 2.24. The third kappa shape index (κ3) is 4.29. The first-order valence-corrected chi connectivity index (χ1v) is 8.01. The van der Waals surface area contributed by atoms with Gasteiger partial charge in [-0.1, -0.05) is 0 Å². The lowest BCUT2D eigenvalue weighted by atomic mass is 10.1. The molecule has 0 atom stereocenters. The third-order valence-corrected chi connectivity index (χ3v) is 3.78. The molecule has 0 fully saturated rings. The molecule has 0 bridgehead atoms. The van der Waals surface area contributed by atoms with Crippen molar-refractivity contribution in [1.29, 1.82) is 0 Å². The molecule has 23 heavy (non-hydrogen) atoms. The van der Waals surface area contributed by atoms with Crippen molar-refractivity contribution in [1.82, 2.24) is 4.98 Å². The highest BCUT2D eigenvalue weighted by molar-refractivity contribution is 7.13. The molecule has 0 unspecified atom stereocenters. The molecule has 0 saturated heterocycles. The van der Waals surface area contributed by atoms with Crippen LogP contribution in [0.2, 0.25) is 0 Å². The molecule has 0 spiro atoms. The summed E-state index contributed by atoms with van der Waals surface area (Å²) in [6, 6.07) is 5.16. The van der Waals surface area contributed by atoms with Crippen LogP contribution >= 0.6 is 11.3 Å². The van der Waals surface area contributed by atoms with Crippen LogP contribution in [0, 0.1) is 0 Å². The molecular formula is C16H19N3O3S. The zero-order valence-corrected chi connectivity index (χ0v) is 14.3. The van der Waals surface area contributed by atoms with E-state index in [1.165, 1.54) is 25.4 Å². The smallest absolute Gasteiger partial charge is 0.275 e. The van der Waals surface area contributed by atoms with E-state index in [1.54, 1.807) is 23.6 Å². The summed E-state index contributed by atoms with van der Waals surface area (Å²) >= 11 is 1.36. The van der Waals surface area contributed by atoms with Crippen molar-refractivity contribution >= 4 is 33.8 Å². The second kappa shape index (κ2) is 7.23. The Morgan fingerprint density at radius 1 is 1.30 bits per heavy atom. The predicted molar refractivity (Wildman–Crippen MR) is 91.8 cm³/mol. The minimum atomic E-state index is -0.367. The average Bonchev–Trinajstić information content (AvgIpc) is 2.94. The number of anilines is 2. The molecule has 2 aromatic rings. The number of rotatable bonds is 6. The van der Waals surface area contributed by atoms with Gasteiger partial charge in [0.05, 0.1) is 12.8 Å². The zero-order valence-electron chi connectivity index (χ0n) is 13.5. The van der Waals surface area contributed by atoms with Gasteiger partial charge in [-0.25, -0.2) is 4.98 Å². The van der Waals surface area contributed by atoms with Crippen molar-refractivity contribution in [2.24, 2.45) is 0 Å². The average molecular weight is 333 g/mol. The van der Waals surface area contributed by atoms with Gasteiger partial charge in [0.25, 0.3) is 5.91 Å². The van der Waals surface area contributed by atoms with E-state index in [2.05, 4.69) is 15.6 Å². The molecule has 122 valence electrons. The summed E-state index contributed by atoms with van der Waals surface area (Å²) in [4.78, 5) is 28.3. The molecule has 1 heterocycles. The fraction of sp³-hybridized carbons (Fsp3) is 0.312. The largest absolute Gasteiger partial charge is 0.497 e. The second-order valence-corrected chi connectivity index (χ2v) is 6.12. The minimum Gasteiger partial charge on any atom is -0.497 e. The molecule has 0 aliphatic rings. The van der Waals surface area contributed by atoms with E-state index >= 15 is 0 Å². The highest BCUT2D eigenvalue weighted by atomic mass is 32.1.